The topological polar surface area (TPSA) is 81.2 Å². The fourth-order valence-electron chi connectivity index (χ4n) is 1.06. The third kappa shape index (κ3) is 3.78. The highest BCUT2D eigenvalue weighted by molar-refractivity contribution is 5.48. The zero-order chi connectivity index (χ0) is 11.1. The van der Waals surface area contributed by atoms with E-state index >= 15 is 0 Å². The molecule has 0 heterocycles. The summed E-state index contributed by atoms with van der Waals surface area (Å²) in [6.07, 6.45) is 3.75. The van der Waals surface area contributed by atoms with Crippen molar-refractivity contribution in [1.29, 1.82) is 0 Å². The second-order valence-corrected chi connectivity index (χ2v) is 2.89. The molecule has 0 spiro atoms. The highest BCUT2D eigenvalue weighted by Gasteiger charge is 2.02. The normalized spacial score (nSPS) is 10.5. The van der Waals surface area contributed by atoms with Crippen molar-refractivity contribution >= 4 is 11.4 Å². The standard InChI is InChI=1S/C10H13N3O2/c11-7-1-2-8-12-9-3-5-10(6-4-9)13(14)15/h1-6,12H,7-8,11H2/b2-1+. The van der Waals surface area contributed by atoms with Gasteiger partial charge >= 0.3 is 0 Å². The summed E-state index contributed by atoms with van der Waals surface area (Å²) in [5, 5.41) is 13.5. The molecule has 15 heavy (non-hydrogen) atoms. The van der Waals surface area contributed by atoms with Crippen LogP contribution in [0, 0.1) is 10.1 Å². The van der Waals surface area contributed by atoms with E-state index in [1.165, 1.54) is 12.1 Å². The second-order valence-electron chi connectivity index (χ2n) is 2.89. The Bertz CT molecular complexity index is 346. The monoisotopic (exact) mass is 207 g/mol. The molecular weight excluding hydrogens is 194 g/mol. The number of nitrogens with two attached hydrogens (primary N) is 1. The molecular formula is C10H13N3O2. The van der Waals surface area contributed by atoms with Crippen LogP contribution in [0.3, 0.4) is 0 Å². The molecule has 0 radical (unpaired) electrons. The Morgan fingerprint density at radius 2 is 2.00 bits per heavy atom. The number of benzene rings is 1. The Morgan fingerprint density at radius 1 is 1.33 bits per heavy atom. The van der Waals surface area contributed by atoms with Gasteiger partial charge in [-0.15, -0.1) is 0 Å². The molecule has 0 unspecified atom stereocenters. The molecule has 0 atom stereocenters. The van der Waals surface area contributed by atoms with E-state index in [0.29, 0.717) is 13.1 Å². The minimum atomic E-state index is -0.419. The van der Waals surface area contributed by atoms with Crippen LogP contribution in [0.2, 0.25) is 0 Å². The maximum absolute atomic E-state index is 10.4. The fraction of sp³-hybridized carbons (Fsp3) is 0.200. The van der Waals surface area contributed by atoms with Crippen molar-refractivity contribution < 1.29 is 4.92 Å². The van der Waals surface area contributed by atoms with Crippen molar-refractivity contribution in [3.8, 4) is 0 Å². The van der Waals surface area contributed by atoms with Crippen molar-refractivity contribution in [1.82, 2.24) is 0 Å². The van der Waals surface area contributed by atoms with Crippen LogP contribution < -0.4 is 11.1 Å². The smallest absolute Gasteiger partial charge is 0.269 e. The summed E-state index contributed by atoms with van der Waals surface area (Å²) in [6.45, 7) is 1.18. The quantitative estimate of drug-likeness (QED) is 0.435. The molecule has 0 saturated heterocycles. The average molecular weight is 207 g/mol. The van der Waals surface area contributed by atoms with Crippen LogP contribution in [0.5, 0.6) is 0 Å². The zero-order valence-electron chi connectivity index (χ0n) is 8.22. The first-order chi connectivity index (χ1) is 7.24. The molecule has 3 N–H and O–H groups in total. The predicted octanol–water partition coefficient (Wildman–Crippen LogP) is 1.52. The molecule has 0 aliphatic rings. The van der Waals surface area contributed by atoms with Gasteiger partial charge in [-0.2, -0.15) is 0 Å². The van der Waals surface area contributed by atoms with E-state index < -0.39 is 4.92 Å². The van der Waals surface area contributed by atoms with Crippen LogP contribution in [0.25, 0.3) is 0 Å². The summed E-state index contributed by atoms with van der Waals surface area (Å²) in [5.41, 5.74) is 6.22. The molecule has 0 fully saturated rings. The van der Waals surface area contributed by atoms with Crippen molar-refractivity contribution in [2.45, 2.75) is 0 Å². The Hall–Kier alpha value is -1.88. The summed E-state index contributed by atoms with van der Waals surface area (Å²) in [5.74, 6) is 0. The number of nitrogens with one attached hydrogen (secondary N) is 1. The van der Waals surface area contributed by atoms with Crippen LogP contribution in [0.1, 0.15) is 0 Å². The van der Waals surface area contributed by atoms with E-state index in [-0.39, 0.29) is 5.69 Å². The number of anilines is 1. The average Bonchev–Trinajstić information content (AvgIpc) is 2.25. The van der Waals surface area contributed by atoms with Gasteiger partial charge in [-0.05, 0) is 12.1 Å². The summed E-state index contributed by atoms with van der Waals surface area (Å²) >= 11 is 0. The summed E-state index contributed by atoms with van der Waals surface area (Å²) in [6, 6.07) is 6.28. The zero-order valence-corrected chi connectivity index (χ0v) is 8.22. The Morgan fingerprint density at radius 3 is 2.53 bits per heavy atom. The summed E-state index contributed by atoms with van der Waals surface area (Å²) < 4.78 is 0. The molecule has 0 bridgehead atoms. The lowest BCUT2D eigenvalue weighted by atomic mass is 10.3. The van der Waals surface area contributed by atoms with Crippen molar-refractivity contribution in [2.24, 2.45) is 5.73 Å². The first kappa shape index (κ1) is 11.2. The number of non-ortho nitro benzene ring substituents is 1. The van der Waals surface area contributed by atoms with E-state index in [1.807, 2.05) is 12.2 Å². The third-order valence-electron chi connectivity index (χ3n) is 1.80. The number of hydrogen-bond donors (Lipinski definition) is 2. The summed E-state index contributed by atoms with van der Waals surface area (Å²) in [7, 11) is 0. The van der Waals surface area contributed by atoms with Crippen molar-refractivity contribution in [3.63, 3.8) is 0 Å². The molecule has 5 heteroatoms. The number of hydrogen-bond acceptors (Lipinski definition) is 4. The molecule has 1 rings (SSSR count). The molecule has 5 nitrogen and oxygen atoms in total. The highest BCUT2D eigenvalue weighted by Crippen LogP contribution is 2.14. The van der Waals surface area contributed by atoms with Gasteiger partial charge in [0.15, 0.2) is 0 Å². The van der Waals surface area contributed by atoms with Crippen LogP contribution >= 0.6 is 0 Å². The van der Waals surface area contributed by atoms with E-state index in [2.05, 4.69) is 5.32 Å². The van der Waals surface area contributed by atoms with E-state index in [9.17, 15) is 10.1 Å². The van der Waals surface area contributed by atoms with Crippen molar-refractivity contribution in [3.05, 3.63) is 46.5 Å². The number of rotatable bonds is 5. The van der Waals surface area contributed by atoms with E-state index in [0.717, 1.165) is 5.69 Å². The molecule has 0 saturated carbocycles. The lowest BCUT2D eigenvalue weighted by Gasteiger charge is -2.01. The van der Waals surface area contributed by atoms with E-state index in [4.69, 9.17) is 5.73 Å². The van der Waals surface area contributed by atoms with Crippen molar-refractivity contribution in [2.75, 3.05) is 18.4 Å². The molecule has 1 aromatic rings. The van der Waals surface area contributed by atoms with Gasteiger partial charge in [0.05, 0.1) is 4.92 Å². The lowest BCUT2D eigenvalue weighted by molar-refractivity contribution is -0.384. The lowest BCUT2D eigenvalue weighted by Crippen LogP contribution is -2.00. The molecule has 0 aromatic heterocycles. The van der Waals surface area contributed by atoms with Gasteiger partial charge < -0.3 is 11.1 Å². The first-order valence-corrected chi connectivity index (χ1v) is 4.57. The van der Waals surface area contributed by atoms with Gasteiger partial charge in [0.25, 0.3) is 5.69 Å². The molecule has 1 aromatic carbocycles. The van der Waals surface area contributed by atoms with Crippen LogP contribution in [-0.2, 0) is 0 Å². The Kier molecular flexibility index (Phi) is 4.30. The van der Waals surface area contributed by atoms with Gasteiger partial charge in [-0.3, -0.25) is 10.1 Å². The molecule has 0 aliphatic heterocycles. The number of nitro groups is 1. The van der Waals surface area contributed by atoms with Gasteiger partial charge in [-0.1, -0.05) is 12.2 Å². The Labute approximate surface area is 87.7 Å². The second kappa shape index (κ2) is 5.77. The molecule has 0 aliphatic carbocycles. The summed E-state index contributed by atoms with van der Waals surface area (Å²) in [4.78, 5) is 9.95. The largest absolute Gasteiger partial charge is 0.382 e. The van der Waals surface area contributed by atoms with Crippen LogP contribution in [0.15, 0.2) is 36.4 Å². The first-order valence-electron chi connectivity index (χ1n) is 4.57. The molecule has 0 amide bonds. The molecule has 80 valence electrons. The minimum Gasteiger partial charge on any atom is -0.382 e. The Balaban J connectivity index is 2.50. The SMILES string of the molecule is NC/C=C/CNc1ccc([N+](=O)[O-])cc1. The van der Waals surface area contributed by atoms with Gasteiger partial charge in [0.1, 0.15) is 0 Å². The highest BCUT2D eigenvalue weighted by atomic mass is 16.6. The third-order valence-corrected chi connectivity index (χ3v) is 1.80. The van der Waals surface area contributed by atoms with Gasteiger partial charge in [0.2, 0.25) is 0 Å². The fourth-order valence-corrected chi connectivity index (χ4v) is 1.06. The van der Waals surface area contributed by atoms with Gasteiger partial charge in [-0.25, -0.2) is 0 Å². The number of nitro benzene ring substituents is 1. The van der Waals surface area contributed by atoms with Crippen LogP contribution in [-0.4, -0.2) is 18.0 Å². The predicted molar refractivity (Wildman–Crippen MR) is 59.8 cm³/mol. The van der Waals surface area contributed by atoms with Crippen LogP contribution in [0.4, 0.5) is 11.4 Å². The maximum atomic E-state index is 10.4. The minimum absolute atomic E-state index is 0.0954. The van der Waals surface area contributed by atoms with E-state index in [1.54, 1.807) is 12.1 Å². The number of nitrogens with zero attached hydrogens (tertiary/aromatic N) is 1. The maximum Gasteiger partial charge on any atom is 0.269 e. The van der Waals surface area contributed by atoms with Gasteiger partial charge in [0, 0.05) is 30.9 Å².